The second-order valence-electron chi connectivity index (χ2n) is 2.56. The van der Waals surface area contributed by atoms with Crippen LogP contribution < -0.4 is 10.5 Å². The minimum atomic E-state index is -1.36. The molecule has 86 valence electrons. The Kier molecular flexibility index (Phi) is 7.68. The van der Waals surface area contributed by atoms with Crippen molar-refractivity contribution < 1.29 is 14.6 Å². The molecule has 0 unspecified atom stereocenters. The van der Waals surface area contributed by atoms with E-state index in [9.17, 15) is 0 Å². The van der Waals surface area contributed by atoms with Crippen LogP contribution in [0.1, 0.15) is 12.5 Å². The summed E-state index contributed by atoms with van der Waals surface area (Å²) < 4.78 is 5.05. The van der Waals surface area contributed by atoms with Gasteiger partial charge < -0.3 is 15.6 Å². The van der Waals surface area contributed by atoms with Gasteiger partial charge in [0.05, 0.1) is 0 Å². The van der Waals surface area contributed by atoms with Gasteiger partial charge in [0.1, 0.15) is 11.9 Å². The monoisotopic (exact) mass is 241 g/mol. The van der Waals surface area contributed by atoms with Crippen LogP contribution >= 0.6 is 11.6 Å². The first-order chi connectivity index (χ1) is 7.60. The molecule has 0 aliphatic carbocycles. The third-order valence-electron chi connectivity index (χ3n) is 1.43. The fourth-order valence-electron chi connectivity index (χ4n) is 0.804. The predicted molar refractivity (Wildman–Crippen MR) is 62.3 cm³/mol. The fourth-order valence-corrected chi connectivity index (χ4v) is 0.804. The molecular weight excluding hydrogens is 230 g/mol. The molecule has 0 saturated carbocycles. The smallest absolute Gasteiger partial charge is 0.401 e. The highest BCUT2D eigenvalue weighted by Crippen LogP contribution is 2.10. The van der Waals surface area contributed by atoms with Gasteiger partial charge in [-0.3, -0.25) is 0 Å². The van der Waals surface area contributed by atoms with Crippen LogP contribution in [0.2, 0.25) is 0 Å². The van der Waals surface area contributed by atoms with Crippen LogP contribution in [0.5, 0.6) is 5.75 Å². The second kappa shape index (κ2) is 8.60. The van der Waals surface area contributed by atoms with Crippen LogP contribution in [-0.2, 0) is 6.54 Å². The van der Waals surface area contributed by atoms with Gasteiger partial charge in [0.2, 0.25) is 0 Å². The number of carbonyl (C=O) groups is 1. The summed E-state index contributed by atoms with van der Waals surface area (Å²) in [5, 5.41) is 7.18. The Morgan fingerprint density at radius 2 is 2.00 bits per heavy atom. The van der Waals surface area contributed by atoms with Crippen LogP contribution in [0.4, 0.5) is 4.79 Å². The van der Waals surface area contributed by atoms with Gasteiger partial charge in [0, 0.05) is 25.1 Å². The summed E-state index contributed by atoms with van der Waals surface area (Å²) in [6.45, 7) is 2.29. The minimum absolute atomic E-state index is 0.555. The lowest BCUT2D eigenvalue weighted by Crippen LogP contribution is -1.95. The van der Waals surface area contributed by atoms with Crippen molar-refractivity contribution in [2.45, 2.75) is 13.5 Å². The first-order valence-corrected chi connectivity index (χ1v) is 4.74. The van der Waals surface area contributed by atoms with Gasteiger partial charge in [-0.25, -0.2) is 4.79 Å². The molecule has 0 heterocycles. The number of carboxylic acid groups (broad SMARTS) is 1. The zero-order chi connectivity index (χ0) is 12.4. The molecular formula is C11H12ClNO3. The van der Waals surface area contributed by atoms with Gasteiger partial charge in [0.25, 0.3) is 0 Å². The lowest BCUT2D eigenvalue weighted by molar-refractivity contribution is 0.220. The Morgan fingerprint density at radius 1 is 1.50 bits per heavy atom. The third-order valence-corrected chi connectivity index (χ3v) is 1.43. The maximum Gasteiger partial charge on any atom is 0.401 e. The average molecular weight is 242 g/mol. The zero-order valence-electron chi connectivity index (χ0n) is 8.74. The Morgan fingerprint density at radius 3 is 2.38 bits per heavy atom. The summed E-state index contributed by atoms with van der Waals surface area (Å²) in [7, 11) is 0. The standard InChI is InChI=1S/C10H11NO.CHClO2/c1-2-7-12-10-5-3-9(8-11)4-6-10;2-1(3)4/h3-6H,8,11H2,1H3;(H,3,4). The van der Waals surface area contributed by atoms with Crippen LogP contribution in [0.3, 0.4) is 0 Å². The largest absolute Gasteiger partial charge is 0.469 e. The maximum atomic E-state index is 8.77. The van der Waals surface area contributed by atoms with Gasteiger partial charge in [0.15, 0.2) is 0 Å². The Hall–Kier alpha value is -1.70. The molecule has 1 rings (SSSR count). The molecule has 0 bridgehead atoms. The van der Waals surface area contributed by atoms with Crippen LogP contribution in [0.25, 0.3) is 0 Å². The molecule has 0 fully saturated rings. The fraction of sp³-hybridized carbons (Fsp3) is 0.182. The van der Waals surface area contributed by atoms with Gasteiger partial charge >= 0.3 is 5.43 Å². The SMILES string of the molecule is CC#COc1ccc(CN)cc1.O=C(O)Cl. The Bertz CT molecular complexity index is 374. The topological polar surface area (TPSA) is 72.5 Å². The highest BCUT2D eigenvalue weighted by Gasteiger charge is 1.91. The van der Waals surface area contributed by atoms with Gasteiger partial charge in [-0.2, -0.15) is 0 Å². The van der Waals surface area contributed by atoms with Gasteiger partial charge in [-0.15, -0.1) is 0 Å². The molecule has 3 N–H and O–H groups in total. The maximum absolute atomic E-state index is 8.77. The molecule has 0 saturated heterocycles. The molecule has 4 nitrogen and oxygen atoms in total. The van der Waals surface area contributed by atoms with Crippen LogP contribution in [-0.4, -0.2) is 10.5 Å². The predicted octanol–water partition coefficient (Wildman–Crippen LogP) is 2.41. The lowest BCUT2D eigenvalue weighted by Gasteiger charge is -1.98. The number of ether oxygens (including phenoxy) is 1. The zero-order valence-corrected chi connectivity index (χ0v) is 9.49. The van der Waals surface area contributed by atoms with Crippen molar-refractivity contribution in [1.29, 1.82) is 0 Å². The van der Waals surface area contributed by atoms with Crippen LogP contribution in [0, 0.1) is 12.0 Å². The minimum Gasteiger partial charge on any atom is -0.469 e. The van der Waals surface area contributed by atoms with E-state index in [4.69, 9.17) is 20.4 Å². The second-order valence-corrected chi connectivity index (χ2v) is 2.88. The van der Waals surface area contributed by atoms with Crippen molar-refractivity contribution in [3.63, 3.8) is 0 Å². The van der Waals surface area contributed by atoms with Crippen molar-refractivity contribution in [2.75, 3.05) is 0 Å². The molecule has 1 aromatic carbocycles. The summed E-state index contributed by atoms with van der Waals surface area (Å²) in [6.07, 6.45) is 2.52. The number of benzene rings is 1. The van der Waals surface area contributed by atoms with Crippen molar-refractivity contribution in [3.8, 4) is 17.8 Å². The van der Waals surface area contributed by atoms with E-state index in [0.29, 0.717) is 6.54 Å². The quantitative estimate of drug-likeness (QED) is 0.616. The van der Waals surface area contributed by atoms with Crippen molar-refractivity contribution in [3.05, 3.63) is 29.8 Å². The van der Waals surface area contributed by atoms with E-state index in [2.05, 4.69) is 23.6 Å². The van der Waals surface area contributed by atoms with Gasteiger partial charge in [-0.05, 0) is 17.7 Å². The normalized spacial score (nSPS) is 7.94. The summed E-state index contributed by atoms with van der Waals surface area (Å²) in [6, 6.07) is 7.55. The van der Waals surface area contributed by atoms with E-state index >= 15 is 0 Å². The molecule has 16 heavy (non-hydrogen) atoms. The molecule has 0 aliphatic rings. The van der Waals surface area contributed by atoms with E-state index in [-0.39, 0.29) is 0 Å². The molecule has 0 radical (unpaired) electrons. The van der Waals surface area contributed by atoms with E-state index in [1.165, 1.54) is 0 Å². The molecule has 5 heteroatoms. The Balaban J connectivity index is 0.000000487. The first-order valence-electron chi connectivity index (χ1n) is 4.36. The number of nitrogens with two attached hydrogens (primary N) is 1. The molecule has 0 aliphatic heterocycles. The average Bonchev–Trinajstić information content (AvgIpc) is 2.26. The third kappa shape index (κ3) is 7.68. The molecule has 0 amide bonds. The molecule has 1 aromatic rings. The van der Waals surface area contributed by atoms with E-state index in [1.54, 1.807) is 6.92 Å². The summed E-state index contributed by atoms with van der Waals surface area (Å²) in [4.78, 5) is 8.77. The number of rotatable bonds is 2. The number of halogens is 1. The molecule has 0 aromatic heterocycles. The van der Waals surface area contributed by atoms with E-state index < -0.39 is 5.43 Å². The van der Waals surface area contributed by atoms with E-state index in [0.717, 1.165) is 11.3 Å². The van der Waals surface area contributed by atoms with E-state index in [1.807, 2.05) is 24.3 Å². The van der Waals surface area contributed by atoms with Gasteiger partial charge in [-0.1, -0.05) is 18.1 Å². The van der Waals surface area contributed by atoms with Crippen LogP contribution in [0.15, 0.2) is 24.3 Å². The summed E-state index contributed by atoms with van der Waals surface area (Å²) in [5.74, 6) is 3.40. The summed E-state index contributed by atoms with van der Waals surface area (Å²) in [5.41, 5.74) is 5.16. The summed E-state index contributed by atoms with van der Waals surface area (Å²) >= 11 is 4.19. The van der Waals surface area contributed by atoms with Crippen molar-refractivity contribution in [2.24, 2.45) is 5.73 Å². The van der Waals surface area contributed by atoms with Crippen molar-refractivity contribution >= 4 is 17.0 Å². The first kappa shape index (κ1) is 14.3. The number of hydrogen-bond acceptors (Lipinski definition) is 3. The molecule has 0 spiro atoms. The number of hydrogen-bond donors (Lipinski definition) is 2. The lowest BCUT2D eigenvalue weighted by atomic mass is 10.2. The Labute approximate surface area is 99.0 Å². The van der Waals surface area contributed by atoms with Crippen molar-refractivity contribution in [1.82, 2.24) is 0 Å². The highest BCUT2D eigenvalue weighted by atomic mass is 35.5. The molecule has 0 atom stereocenters. The highest BCUT2D eigenvalue weighted by molar-refractivity contribution is 6.60.